The van der Waals surface area contributed by atoms with Crippen LogP contribution in [0, 0.1) is 12.8 Å². The number of Topliss-reactive ketones (excluding diaryl/α,β-unsaturated/α-hetero) is 1. The second-order valence-corrected chi connectivity index (χ2v) is 11.3. The maximum atomic E-state index is 15.0. The summed E-state index contributed by atoms with van der Waals surface area (Å²) in [5.74, 6) is 1.18. The number of benzene rings is 1. The lowest BCUT2D eigenvalue weighted by atomic mass is 9.90. The number of pyridine rings is 1. The molecule has 0 radical (unpaired) electrons. The number of aryl methyl sites for hydroxylation is 1. The number of nitrogens with zero attached hydrogens (tertiary/aromatic N) is 3. The maximum absolute atomic E-state index is 15.0. The molecule has 2 aliphatic rings. The average molecular weight is 483 g/mol. The fourth-order valence-electron chi connectivity index (χ4n) is 4.09. The molecule has 1 saturated heterocycles. The predicted molar refractivity (Wildman–Crippen MR) is 133 cm³/mol. The van der Waals surface area contributed by atoms with Gasteiger partial charge in [-0.25, -0.2) is 14.4 Å². The highest BCUT2D eigenvalue weighted by atomic mass is 32.2. The highest BCUT2D eigenvalue weighted by Gasteiger charge is 2.54. The van der Waals surface area contributed by atoms with E-state index in [1.165, 1.54) is 0 Å². The lowest BCUT2D eigenvalue weighted by Crippen LogP contribution is -2.60. The first-order chi connectivity index (χ1) is 15.9. The molecule has 0 atom stereocenters. The molecule has 0 unspecified atom stereocenters. The third-order valence-electron chi connectivity index (χ3n) is 6.17. The Morgan fingerprint density at radius 2 is 2.03 bits per heavy atom. The SMILES string of the molecule is CCC(=O)Cc1ccc(Sc2cc(N3CC(F)(C4CC4)C3)cc(Nc3ncc(C)s3)n2)cc1. The maximum Gasteiger partial charge on any atom is 0.188 e. The van der Waals surface area contributed by atoms with Gasteiger partial charge in [0.15, 0.2) is 5.13 Å². The number of rotatable bonds is 9. The van der Waals surface area contributed by atoms with E-state index in [0.29, 0.717) is 31.7 Å². The number of carbonyl (C=O) groups is 1. The molecule has 1 aliphatic carbocycles. The normalized spacial score (nSPS) is 17.0. The number of alkyl halides is 1. The molecule has 2 fully saturated rings. The molecule has 172 valence electrons. The van der Waals surface area contributed by atoms with Crippen molar-refractivity contribution in [3.05, 3.63) is 53.0 Å². The summed E-state index contributed by atoms with van der Waals surface area (Å²) in [6, 6.07) is 12.1. The monoisotopic (exact) mass is 482 g/mol. The van der Waals surface area contributed by atoms with Crippen molar-refractivity contribution in [2.75, 3.05) is 23.3 Å². The van der Waals surface area contributed by atoms with Crippen LogP contribution in [-0.2, 0) is 11.2 Å². The third-order valence-corrected chi connectivity index (χ3v) is 7.92. The Morgan fingerprint density at radius 1 is 1.27 bits per heavy atom. The van der Waals surface area contributed by atoms with Gasteiger partial charge in [-0.2, -0.15) is 0 Å². The number of anilines is 3. The first kappa shape index (κ1) is 22.3. The number of hydrogen-bond donors (Lipinski definition) is 1. The molecule has 5 rings (SSSR count). The summed E-state index contributed by atoms with van der Waals surface area (Å²) >= 11 is 3.14. The smallest absolute Gasteiger partial charge is 0.188 e. The van der Waals surface area contributed by atoms with Gasteiger partial charge in [0.05, 0.1) is 13.1 Å². The van der Waals surface area contributed by atoms with Crippen LogP contribution in [0.2, 0.25) is 0 Å². The fraction of sp³-hybridized carbons (Fsp3) is 0.400. The molecular formula is C25H27FN4OS2. The second kappa shape index (κ2) is 9.06. The molecule has 5 nitrogen and oxygen atoms in total. The van der Waals surface area contributed by atoms with Crippen molar-refractivity contribution in [2.45, 2.75) is 55.1 Å². The summed E-state index contributed by atoms with van der Waals surface area (Å²) in [5, 5.41) is 4.94. The minimum absolute atomic E-state index is 0.235. The van der Waals surface area contributed by atoms with Gasteiger partial charge in [-0.3, -0.25) is 4.79 Å². The fourth-order valence-corrected chi connectivity index (χ4v) is 5.60. The van der Waals surface area contributed by atoms with Gasteiger partial charge in [-0.15, -0.1) is 11.3 Å². The number of ketones is 1. The molecular weight excluding hydrogens is 455 g/mol. The molecule has 1 N–H and O–H groups in total. The lowest BCUT2D eigenvalue weighted by Gasteiger charge is -2.46. The van der Waals surface area contributed by atoms with Gasteiger partial charge in [-0.1, -0.05) is 30.8 Å². The first-order valence-corrected chi connectivity index (χ1v) is 13.0. The Hall–Kier alpha value is -2.45. The minimum Gasteiger partial charge on any atom is -0.365 e. The van der Waals surface area contributed by atoms with Gasteiger partial charge in [0.25, 0.3) is 0 Å². The summed E-state index contributed by atoms with van der Waals surface area (Å²) < 4.78 is 15.0. The summed E-state index contributed by atoms with van der Waals surface area (Å²) in [6.07, 6.45) is 4.88. The van der Waals surface area contributed by atoms with Crippen LogP contribution in [0.1, 0.15) is 36.6 Å². The molecule has 3 aromatic rings. The quantitative estimate of drug-likeness (QED) is 0.392. The average Bonchev–Trinajstić information content (AvgIpc) is 3.55. The van der Waals surface area contributed by atoms with E-state index < -0.39 is 5.67 Å². The van der Waals surface area contributed by atoms with Gasteiger partial charge >= 0.3 is 0 Å². The van der Waals surface area contributed by atoms with E-state index in [1.807, 2.05) is 56.4 Å². The molecule has 1 saturated carbocycles. The van der Waals surface area contributed by atoms with Crippen LogP contribution in [0.15, 0.2) is 52.5 Å². The Balaban J connectivity index is 1.36. The Morgan fingerprint density at radius 3 is 2.67 bits per heavy atom. The lowest BCUT2D eigenvalue weighted by molar-refractivity contribution is -0.118. The van der Waals surface area contributed by atoms with E-state index in [1.54, 1.807) is 23.1 Å². The van der Waals surface area contributed by atoms with Crippen LogP contribution in [0.4, 0.5) is 21.0 Å². The molecule has 0 spiro atoms. The zero-order valence-corrected chi connectivity index (χ0v) is 20.4. The second-order valence-electron chi connectivity index (χ2n) is 8.93. The van der Waals surface area contributed by atoms with E-state index >= 15 is 0 Å². The number of halogens is 1. The molecule has 0 amide bonds. The van der Waals surface area contributed by atoms with E-state index in [2.05, 4.69) is 15.2 Å². The first-order valence-electron chi connectivity index (χ1n) is 11.3. The van der Waals surface area contributed by atoms with Gasteiger partial charge in [0.1, 0.15) is 22.3 Å². The summed E-state index contributed by atoms with van der Waals surface area (Å²) in [5.41, 5.74) is 0.958. The largest absolute Gasteiger partial charge is 0.365 e. The molecule has 8 heteroatoms. The summed E-state index contributed by atoms with van der Waals surface area (Å²) in [4.78, 5) is 25.2. The highest BCUT2D eigenvalue weighted by molar-refractivity contribution is 7.99. The Labute approximate surface area is 201 Å². The van der Waals surface area contributed by atoms with Crippen LogP contribution >= 0.6 is 23.1 Å². The van der Waals surface area contributed by atoms with Crippen molar-refractivity contribution in [3.8, 4) is 0 Å². The Bertz CT molecular complexity index is 1150. The highest BCUT2D eigenvalue weighted by Crippen LogP contribution is 2.48. The van der Waals surface area contributed by atoms with E-state index in [-0.39, 0.29) is 11.7 Å². The molecule has 1 aliphatic heterocycles. The number of nitrogens with one attached hydrogen (secondary N) is 1. The molecule has 33 heavy (non-hydrogen) atoms. The van der Waals surface area contributed by atoms with Crippen LogP contribution in [0.5, 0.6) is 0 Å². The van der Waals surface area contributed by atoms with Crippen molar-refractivity contribution in [1.82, 2.24) is 9.97 Å². The van der Waals surface area contributed by atoms with E-state index in [9.17, 15) is 9.18 Å². The number of carbonyl (C=O) groups excluding carboxylic acids is 1. The molecule has 2 aromatic heterocycles. The van der Waals surface area contributed by atoms with Crippen LogP contribution in [-0.4, -0.2) is 34.5 Å². The standard InChI is InChI=1S/C25H27FN4OS2/c1-3-20(31)10-17-4-8-21(9-5-17)33-23-12-19(30-14-25(26,15-30)18-6-7-18)11-22(28-23)29-24-27-13-16(2)32-24/h4-5,8-9,11-13,18H,3,6-7,10,14-15H2,1-2H3,(H,27,28,29). The topological polar surface area (TPSA) is 58.1 Å². The number of thiazole rings is 1. The summed E-state index contributed by atoms with van der Waals surface area (Å²) in [6.45, 7) is 4.80. The van der Waals surface area contributed by atoms with Gasteiger partial charge < -0.3 is 10.2 Å². The van der Waals surface area contributed by atoms with Crippen molar-refractivity contribution in [2.24, 2.45) is 5.92 Å². The number of aromatic nitrogens is 2. The summed E-state index contributed by atoms with van der Waals surface area (Å²) in [7, 11) is 0. The predicted octanol–water partition coefficient (Wildman–Crippen LogP) is 6.20. The molecule has 0 bridgehead atoms. The minimum atomic E-state index is -1.04. The third kappa shape index (κ3) is 5.22. The zero-order valence-electron chi connectivity index (χ0n) is 18.8. The van der Waals surface area contributed by atoms with Gasteiger partial charge in [0.2, 0.25) is 0 Å². The van der Waals surface area contributed by atoms with Gasteiger partial charge in [0, 0.05) is 40.6 Å². The van der Waals surface area contributed by atoms with E-state index in [0.717, 1.165) is 44.0 Å². The Kier molecular flexibility index (Phi) is 6.14. The number of hydrogen-bond acceptors (Lipinski definition) is 7. The van der Waals surface area contributed by atoms with Crippen molar-refractivity contribution in [3.63, 3.8) is 0 Å². The van der Waals surface area contributed by atoms with Crippen LogP contribution in [0.25, 0.3) is 0 Å². The van der Waals surface area contributed by atoms with Gasteiger partial charge in [-0.05, 0) is 49.4 Å². The van der Waals surface area contributed by atoms with E-state index in [4.69, 9.17) is 4.98 Å². The molecule has 3 heterocycles. The van der Waals surface area contributed by atoms with Crippen LogP contribution in [0.3, 0.4) is 0 Å². The van der Waals surface area contributed by atoms with Crippen molar-refractivity contribution >= 4 is 45.5 Å². The van der Waals surface area contributed by atoms with Crippen molar-refractivity contribution in [1.29, 1.82) is 0 Å². The van der Waals surface area contributed by atoms with Crippen molar-refractivity contribution < 1.29 is 9.18 Å². The molecule has 1 aromatic carbocycles. The van der Waals surface area contributed by atoms with Crippen LogP contribution < -0.4 is 10.2 Å². The zero-order chi connectivity index (χ0) is 23.0.